The summed E-state index contributed by atoms with van der Waals surface area (Å²) in [5.74, 6) is -0.593. The third-order valence-electron chi connectivity index (χ3n) is 3.93. The molecule has 0 bridgehead atoms. The summed E-state index contributed by atoms with van der Waals surface area (Å²) >= 11 is 0. The molecule has 1 saturated heterocycles. The van der Waals surface area contributed by atoms with Crippen molar-refractivity contribution < 1.29 is 17.5 Å². The maximum absolute atomic E-state index is 13.3. The summed E-state index contributed by atoms with van der Waals surface area (Å²) in [6.07, 6.45) is 1.59. The van der Waals surface area contributed by atoms with Crippen molar-refractivity contribution in [3.05, 3.63) is 29.6 Å². The number of rotatable bonds is 5. The van der Waals surface area contributed by atoms with Crippen LogP contribution in [0, 0.1) is 11.2 Å². The monoisotopic (exact) mass is 316 g/mol. The van der Waals surface area contributed by atoms with Gasteiger partial charge in [0.15, 0.2) is 0 Å². The summed E-state index contributed by atoms with van der Waals surface area (Å²) in [5, 5.41) is 0. The van der Waals surface area contributed by atoms with Crippen LogP contribution >= 0.6 is 0 Å². The minimum absolute atomic E-state index is 0.0433. The molecule has 1 fully saturated rings. The molecule has 1 aliphatic rings. The first-order valence-electron chi connectivity index (χ1n) is 6.92. The first-order valence-corrected chi connectivity index (χ1v) is 8.41. The summed E-state index contributed by atoms with van der Waals surface area (Å²) in [4.78, 5) is -0.0827. The van der Waals surface area contributed by atoms with E-state index in [1.54, 1.807) is 0 Å². The molecule has 0 aromatic heterocycles. The highest BCUT2D eigenvalue weighted by molar-refractivity contribution is 7.89. The van der Waals surface area contributed by atoms with Crippen LogP contribution in [0.15, 0.2) is 23.1 Å². The van der Waals surface area contributed by atoms with E-state index in [1.807, 2.05) is 6.92 Å². The average molecular weight is 316 g/mol. The molecule has 0 radical (unpaired) electrons. The fourth-order valence-electron chi connectivity index (χ4n) is 2.34. The molecule has 7 heteroatoms. The Morgan fingerprint density at radius 2 is 2.05 bits per heavy atom. The minimum Gasteiger partial charge on any atom is -0.381 e. The van der Waals surface area contributed by atoms with Crippen LogP contribution in [-0.2, 0) is 21.3 Å². The summed E-state index contributed by atoms with van der Waals surface area (Å²) < 4.78 is 46.0. The maximum atomic E-state index is 13.3. The molecular formula is C14H21FN2O3S. The quantitative estimate of drug-likeness (QED) is 0.860. The van der Waals surface area contributed by atoms with Crippen LogP contribution in [-0.4, -0.2) is 28.2 Å². The second-order valence-electron chi connectivity index (χ2n) is 5.70. The lowest BCUT2D eigenvalue weighted by molar-refractivity contribution is 0.0264. The molecule has 0 saturated carbocycles. The van der Waals surface area contributed by atoms with Crippen molar-refractivity contribution in [2.75, 3.05) is 19.8 Å². The van der Waals surface area contributed by atoms with Gasteiger partial charge in [-0.25, -0.2) is 17.5 Å². The van der Waals surface area contributed by atoms with Gasteiger partial charge in [0.2, 0.25) is 10.0 Å². The van der Waals surface area contributed by atoms with E-state index >= 15 is 0 Å². The molecule has 1 heterocycles. The van der Waals surface area contributed by atoms with Gasteiger partial charge in [0.25, 0.3) is 0 Å². The Morgan fingerprint density at radius 1 is 1.38 bits per heavy atom. The van der Waals surface area contributed by atoms with Crippen LogP contribution < -0.4 is 10.5 Å². The van der Waals surface area contributed by atoms with E-state index in [0.717, 1.165) is 18.9 Å². The van der Waals surface area contributed by atoms with Crippen molar-refractivity contribution in [1.29, 1.82) is 0 Å². The Balaban J connectivity index is 2.17. The van der Waals surface area contributed by atoms with E-state index in [4.69, 9.17) is 10.5 Å². The maximum Gasteiger partial charge on any atom is 0.241 e. The van der Waals surface area contributed by atoms with Gasteiger partial charge in [0.05, 0.1) is 4.90 Å². The lowest BCUT2D eigenvalue weighted by atomic mass is 9.83. The Bertz CT molecular complexity index is 598. The molecular weight excluding hydrogens is 295 g/mol. The van der Waals surface area contributed by atoms with Crippen molar-refractivity contribution >= 4 is 10.0 Å². The zero-order valence-electron chi connectivity index (χ0n) is 12.1. The van der Waals surface area contributed by atoms with Gasteiger partial charge >= 0.3 is 0 Å². The number of halogens is 1. The summed E-state index contributed by atoms with van der Waals surface area (Å²) in [7, 11) is -3.77. The van der Waals surface area contributed by atoms with E-state index < -0.39 is 15.8 Å². The molecule has 1 aliphatic heterocycles. The lowest BCUT2D eigenvalue weighted by Crippen LogP contribution is -2.39. The Morgan fingerprint density at radius 3 is 2.67 bits per heavy atom. The summed E-state index contributed by atoms with van der Waals surface area (Å²) in [6, 6.07) is 3.62. The van der Waals surface area contributed by atoms with Gasteiger partial charge in [0, 0.05) is 26.3 Å². The predicted molar refractivity (Wildman–Crippen MR) is 77.6 cm³/mol. The largest absolute Gasteiger partial charge is 0.381 e. The molecule has 1 aromatic carbocycles. The Hall–Kier alpha value is -1.02. The number of benzene rings is 1. The normalized spacial score (nSPS) is 18.6. The van der Waals surface area contributed by atoms with Crippen LogP contribution in [0.1, 0.15) is 25.3 Å². The van der Waals surface area contributed by atoms with E-state index in [0.29, 0.717) is 25.3 Å². The van der Waals surface area contributed by atoms with Crippen LogP contribution in [0.25, 0.3) is 0 Å². The van der Waals surface area contributed by atoms with Crippen molar-refractivity contribution in [3.63, 3.8) is 0 Å². The van der Waals surface area contributed by atoms with Crippen LogP contribution in [0.3, 0.4) is 0 Å². The third kappa shape index (κ3) is 4.00. The standard InChI is InChI=1S/C14H21FN2O3S/c1-14(4-6-20-7-5-14)10-17-21(18,19)13-8-12(15)3-2-11(13)9-16/h2-3,8,17H,4-7,9-10,16H2,1H3. The van der Waals surface area contributed by atoms with Crippen molar-refractivity contribution in [1.82, 2.24) is 4.72 Å². The van der Waals surface area contributed by atoms with E-state index in [1.165, 1.54) is 12.1 Å². The van der Waals surface area contributed by atoms with Crippen LogP contribution in [0.4, 0.5) is 4.39 Å². The molecule has 1 aromatic rings. The zero-order valence-corrected chi connectivity index (χ0v) is 12.9. The van der Waals surface area contributed by atoms with Crippen LogP contribution in [0.5, 0.6) is 0 Å². The fraction of sp³-hybridized carbons (Fsp3) is 0.571. The number of sulfonamides is 1. The van der Waals surface area contributed by atoms with Crippen LogP contribution in [0.2, 0.25) is 0 Å². The average Bonchev–Trinajstić information content (AvgIpc) is 2.46. The topological polar surface area (TPSA) is 81.4 Å². The molecule has 118 valence electrons. The van der Waals surface area contributed by atoms with E-state index in [-0.39, 0.29) is 16.9 Å². The van der Waals surface area contributed by atoms with Gasteiger partial charge in [-0.2, -0.15) is 0 Å². The van der Waals surface area contributed by atoms with E-state index in [2.05, 4.69) is 4.72 Å². The molecule has 0 atom stereocenters. The Kier molecular flexibility index (Phi) is 4.98. The summed E-state index contributed by atoms with van der Waals surface area (Å²) in [6.45, 7) is 3.63. The highest BCUT2D eigenvalue weighted by Gasteiger charge is 2.30. The zero-order chi connectivity index (χ0) is 15.5. The third-order valence-corrected chi connectivity index (χ3v) is 5.41. The molecule has 0 unspecified atom stereocenters. The lowest BCUT2D eigenvalue weighted by Gasteiger charge is -2.33. The van der Waals surface area contributed by atoms with Gasteiger partial charge in [-0.05, 0) is 36.0 Å². The van der Waals surface area contributed by atoms with E-state index in [9.17, 15) is 12.8 Å². The van der Waals surface area contributed by atoms with Gasteiger partial charge in [0.1, 0.15) is 5.82 Å². The molecule has 0 amide bonds. The molecule has 0 aliphatic carbocycles. The van der Waals surface area contributed by atoms with Gasteiger partial charge in [-0.1, -0.05) is 13.0 Å². The number of hydrogen-bond donors (Lipinski definition) is 2. The number of nitrogens with two attached hydrogens (primary N) is 1. The number of ether oxygens (including phenoxy) is 1. The minimum atomic E-state index is -3.77. The highest BCUT2D eigenvalue weighted by atomic mass is 32.2. The molecule has 3 N–H and O–H groups in total. The highest BCUT2D eigenvalue weighted by Crippen LogP contribution is 2.29. The van der Waals surface area contributed by atoms with Crippen molar-refractivity contribution in [2.24, 2.45) is 11.1 Å². The van der Waals surface area contributed by atoms with Gasteiger partial charge in [-0.3, -0.25) is 0 Å². The number of hydrogen-bond acceptors (Lipinski definition) is 4. The number of nitrogens with one attached hydrogen (secondary N) is 1. The molecule has 5 nitrogen and oxygen atoms in total. The first kappa shape index (κ1) is 16.4. The fourth-order valence-corrected chi connectivity index (χ4v) is 3.79. The van der Waals surface area contributed by atoms with Crippen molar-refractivity contribution in [3.8, 4) is 0 Å². The molecule has 0 spiro atoms. The second-order valence-corrected chi connectivity index (χ2v) is 7.44. The smallest absolute Gasteiger partial charge is 0.241 e. The van der Waals surface area contributed by atoms with Crippen molar-refractivity contribution in [2.45, 2.75) is 31.2 Å². The first-order chi connectivity index (χ1) is 9.86. The molecule has 21 heavy (non-hydrogen) atoms. The summed E-state index contributed by atoms with van der Waals surface area (Å²) in [5.41, 5.74) is 5.80. The van der Waals surface area contributed by atoms with Gasteiger partial charge < -0.3 is 10.5 Å². The Labute approximate surface area is 124 Å². The predicted octanol–water partition coefficient (Wildman–Crippen LogP) is 1.38. The SMILES string of the molecule is CC1(CNS(=O)(=O)c2cc(F)ccc2CN)CCOCC1. The molecule has 2 rings (SSSR count). The second kappa shape index (κ2) is 6.39. The van der Waals surface area contributed by atoms with Gasteiger partial charge in [-0.15, -0.1) is 0 Å².